The zero-order chi connectivity index (χ0) is 30.3. The number of benzene rings is 2. The SMILES string of the molecule is CC[n+]1ccn(C)c1.CC[n+]1ccn(C)c1.CC[n+]1ccn(C)c1.[O-]P([O-])([O-])=S(c1ccccc1)c1ccccc1. The molecule has 0 saturated carbocycles. The first-order chi connectivity index (χ1) is 19.6. The Morgan fingerprint density at radius 1 is 0.561 bits per heavy atom. The minimum Gasteiger partial charge on any atom is -0.847 e. The van der Waals surface area contributed by atoms with Crippen molar-refractivity contribution in [2.75, 3.05) is 0 Å². The van der Waals surface area contributed by atoms with Crippen LogP contribution in [0.4, 0.5) is 0 Å². The first kappa shape index (κ1) is 33.9. The van der Waals surface area contributed by atoms with E-state index in [1.54, 1.807) is 60.7 Å². The van der Waals surface area contributed by atoms with Gasteiger partial charge in [-0.15, -0.1) is 0 Å². The molecular formula is C30H43N6O3PS. The van der Waals surface area contributed by atoms with Gasteiger partial charge in [-0.1, -0.05) is 36.4 Å². The van der Waals surface area contributed by atoms with E-state index in [1.807, 2.05) is 53.4 Å². The van der Waals surface area contributed by atoms with E-state index in [0.717, 1.165) is 19.6 Å². The molecule has 5 rings (SSSR count). The molecule has 3 heterocycles. The van der Waals surface area contributed by atoms with E-state index in [1.165, 1.54) is 0 Å². The molecule has 11 heteroatoms. The lowest BCUT2D eigenvalue weighted by Crippen LogP contribution is -2.29. The number of aromatic nitrogens is 6. The lowest BCUT2D eigenvalue weighted by molar-refractivity contribution is -0.693. The number of nitrogens with zero attached hydrogens (tertiary/aromatic N) is 6. The van der Waals surface area contributed by atoms with Gasteiger partial charge in [-0.25, -0.2) is 27.4 Å². The standard InChI is InChI=1S/C12H10O3PS.3C6H11N2/c13-16(14,15)17(11-7-3-1-4-8-11)12-9-5-2-6-10-12;3*1-3-8-5-4-7(2)6-8/h1-10H;3*4-6H,3H2,1-2H3/q-3;3*+1. The summed E-state index contributed by atoms with van der Waals surface area (Å²) in [6.07, 6.45) is 18.4. The highest BCUT2D eigenvalue weighted by atomic mass is 32.5. The molecule has 0 saturated heterocycles. The van der Waals surface area contributed by atoms with Crippen LogP contribution in [-0.4, -0.2) is 13.7 Å². The van der Waals surface area contributed by atoms with Crippen LogP contribution in [0.15, 0.2) is 127 Å². The van der Waals surface area contributed by atoms with Gasteiger partial charge in [0.1, 0.15) is 37.2 Å². The van der Waals surface area contributed by atoms with Crippen LogP contribution in [0.1, 0.15) is 20.8 Å². The van der Waals surface area contributed by atoms with Crippen LogP contribution in [-0.2, 0) is 50.9 Å². The maximum atomic E-state index is 11.4. The minimum absolute atomic E-state index is 0.534. The lowest BCUT2D eigenvalue weighted by Gasteiger charge is -2.52. The fraction of sp³-hybridized carbons (Fsp3) is 0.300. The van der Waals surface area contributed by atoms with E-state index in [0.29, 0.717) is 9.79 Å². The predicted molar refractivity (Wildman–Crippen MR) is 158 cm³/mol. The van der Waals surface area contributed by atoms with Crippen molar-refractivity contribution in [3.05, 3.63) is 117 Å². The maximum absolute atomic E-state index is 11.4. The summed E-state index contributed by atoms with van der Waals surface area (Å²) in [5.41, 5.74) is 0. The second-order valence-electron chi connectivity index (χ2n) is 9.09. The van der Waals surface area contributed by atoms with Crippen LogP contribution in [0.2, 0.25) is 0 Å². The van der Waals surface area contributed by atoms with Gasteiger partial charge in [0.25, 0.3) is 0 Å². The third-order valence-electron chi connectivity index (χ3n) is 5.72. The Balaban J connectivity index is 0.000000207. The zero-order valence-electron chi connectivity index (χ0n) is 24.9. The van der Waals surface area contributed by atoms with Crippen molar-refractivity contribution in [3.8, 4) is 0 Å². The highest BCUT2D eigenvalue weighted by molar-refractivity contribution is 8.26. The molecule has 5 aromatic rings. The summed E-state index contributed by atoms with van der Waals surface area (Å²) in [4.78, 5) is 35.3. The molecular weight excluding hydrogens is 555 g/mol. The molecule has 9 nitrogen and oxygen atoms in total. The Morgan fingerprint density at radius 3 is 1.02 bits per heavy atom. The Morgan fingerprint density at radius 2 is 0.854 bits per heavy atom. The molecule has 0 fully saturated rings. The summed E-state index contributed by atoms with van der Waals surface area (Å²) in [5, 5.41) is 0. The van der Waals surface area contributed by atoms with Gasteiger partial charge in [0.2, 0.25) is 19.0 Å². The second-order valence-corrected chi connectivity index (χ2v) is 13.9. The van der Waals surface area contributed by atoms with Crippen molar-refractivity contribution in [2.45, 2.75) is 50.2 Å². The van der Waals surface area contributed by atoms with Crippen molar-refractivity contribution in [2.24, 2.45) is 21.1 Å². The van der Waals surface area contributed by atoms with Crippen molar-refractivity contribution < 1.29 is 28.4 Å². The van der Waals surface area contributed by atoms with Crippen molar-refractivity contribution in [1.29, 1.82) is 0 Å². The quantitative estimate of drug-likeness (QED) is 0.227. The summed E-state index contributed by atoms with van der Waals surface area (Å²) in [5.74, 6) is 0. The van der Waals surface area contributed by atoms with E-state index in [4.69, 9.17) is 0 Å². The molecule has 0 amide bonds. The number of rotatable bonds is 5. The third kappa shape index (κ3) is 12.4. The van der Waals surface area contributed by atoms with Gasteiger partial charge in [-0.3, -0.25) is 0 Å². The smallest absolute Gasteiger partial charge is 0.243 e. The van der Waals surface area contributed by atoms with Gasteiger partial charge < -0.3 is 21.4 Å². The molecule has 0 atom stereocenters. The normalized spacial score (nSPS) is 10.6. The number of aryl methyl sites for hydroxylation is 6. The summed E-state index contributed by atoms with van der Waals surface area (Å²) in [7, 11) is 4.64. The van der Waals surface area contributed by atoms with Crippen molar-refractivity contribution >= 4 is 16.8 Å². The molecule has 0 spiro atoms. The first-order valence-corrected chi connectivity index (χ1v) is 16.8. The van der Waals surface area contributed by atoms with Gasteiger partial charge in [0.15, 0.2) is 0 Å². The molecule has 0 aliphatic rings. The Kier molecular flexibility index (Phi) is 14.5. The summed E-state index contributed by atoms with van der Waals surface area (Å²) in [6, 6.07) is 17.2. The monoisotopic (exact) mass is 598 g/mol. The minimum atomic E-state index is -4.69. The van der Waals surface area contributed by atoms with E-state index < -0.39 is 16.8 Å². The van der Waals surface area contributed by atoms with Crippen LogP contribution in [0.3, 0.4) is 0 Å². The number of hydrogen-bond acceptors (Lipinski definition) is 3. The third-order valence-corrected chi connectivity index (χ3v) is 10.2. The van der Waals surface area contributed by atoms with E-state index in [9.17, 15) is 14.7 Å². The molecule has 41 heavy (non-hydrogen) atoms. The molecule has 0 aliphatic heterocycles. The van der Waals surface area contributed by atoms with Gasteiger partial charge in [0, 0.05) is 9.79 Å². The summed E-state index contributed by atoms with van der Waals surface area (Å²) < 4.78 is 12.5. The van der Waals surface area contributed by atoms with Gasteiger partial charge in [-0.2, -0.15) is 10.1 Å². The van der Waals surface area contributed by atoms with Crippen molar-refractivity contribution in [1.82, 2.24) is 13.7 Å². The molecule has 222 valence electrons. The van der Waals surface area contributed by atoms with E-state index in [-0.39, 0.29) is 0 Å². The molecule has 0 bridgehead atoms. The average molecular weight is 599 g/mol. The maximum Gasteiger partial charge on any atom is 0.243 e. The van der Waals surface area contributed by atoms with Gasteiger partial charge >= 0.3 is 0 Å². The van der Waals surface area contributed by atoms with Gasteiger partial charge in [-0.05, 0) is 45.0 Å². The predicted octanol–water partition coefficient (Wildman–Crippen LogP) is 1.48. The van der Waals surface area contributed by atoms with Crippen LogP contribution < -0.4 is 28.4 Å². The Bertz CT molecular complexity index is 1330. The number of hydrogen-bond donors (Lipinski definition) is 0. The molecule has 0 unspecified atom stereocenters. The van der Waals surface area contributed by atoms with Crippen LogP contribution in [0, 0.1) is 0 Å². The number of imidazole rings is 3. The van der Waals surface area contributed by atoms with Crippen LogP contribution in [0.25, 0.3) is 0 Å². The van der Waals surface area contributed by atoms with Gasteiger partial charge in [0.05, 0.1) is 40.8 Å². The van der Waals surface area contributed by atoms with Crippen LogP contribution in [0.5, 0.6) is 0 Å². The highest BCUT2D eigenvalue weighted by Gasteiger charge is 2.00. The fourth-order valence-electron chi connectivity index (χ4n) is 3.56. The summed E-state index contributed by atoms with van der Waals surface area (Å²) >= 11 is 0. The molecule has 0 radical (unpaired) electrons. The zero-order valence-corrected chi connectivity index (χ0v) is 26.6. The first-order valence-electron chi connectivity index (χ1n) is 13.5. The lowest BCUT2D eigenvalue weighted by atomic mass is 10.4. The summed E-state index contributed by atoms with van der Waals surface area (Å²) in [6.45, 7) is 4.85. The molecule has 3 aromatic heterocycles. The molecule has 0 N–H and O–H groups in total. The largest absolute Gasteiger partial charge is 0.847 e. The fourth-order valence-corrected chi connectivity index (χ4v) is 7.46. The Hall–Kier alpha value is -3.27. The topological polar surface area (TPSA) is 95.6 Å². The molecule has 2 aromatic carbocycles. The van der Waals surface area contributed by atoms with E-state index in [2.05, 4.69) is 72.0 Å². The van der Waals surface area contributed by atoms with Crippen LogP contribution >= 0.6 is 6.72 Å². The van der Waals surface area contributed by atoms with Crippen molar-refractivity contribution in [3.63, 3.8) is 0 Å². The molecule has 0 aliphatic carbocycles. The van der Waals surface area contributed by atoms with E-state index >= 15 is 0 Å². The average Bonchev–Trinajstić information content (AvgIpc) is 3.71. The second kappa shape index (κ2) is 17.5. The highest BCUT2D eigenvalue weighted by Crippen LogP contribution is 2.32. The Labute approximate surface area is 246 Å².